The SMILES string of the molecule is Cc1cc(C)c(C(=O)/C=C/C(C)C(CC=O)c2ccc(Br)cc2)c(C)c1. The fourth-order valence-electron chi connectivity index (χ4n) is 3.49. The first kappa shape index (κ1) is 20.3. The van der Waals surface area contributed by atoms with Crippen LogP contribution in [0.15, 0.2) is 53.0 Å². The van der Waals surface area contributed by atoms with Gasteiger partial charge in [0.05, 0.1) is 0 Å². The number of aryl methyl sites for hydroxylation is 3. The molecule has 0 spiro atoms. The molecule has 0 N–H and O–H groups in total. The molecule has 0 amide bonds. The van der Waals surface area contributed by atoms with Crippen LogP contribution in [-0.2, 0) is 4.79 Å². The highest BCUT2D eigenvalue weighted by Crippen LogP contribution is 2.29. The molecule has 2 nitrogen and oxygen atoms in total. The summed E-state index contributed by atoms with van der Waals surface area (Å²) in [4.78, 5) is 23.8. The number of benzene rings is 2. The van der Waals surface area contributed by atoms with Crippen molar-refractivity contribution >= 4 is 28.0 Å². The van der Waals surface area contributed by atoms with Gasteiger partial charge in [-0.3, -0.25) is 4.79 Å². The molecule has 3 heteroatoms. The lowest BCUT2D eigenvalue weighted by Gasteiger charge is -2.20. The van der Waals surface area contributed by atoms with Gasteiger partial charge in [0.25, 0.3) is 0 Å². The first-order chi connectivity index (χ1) is 12.3. The summed E-state index contributed by atoms with van der Waals surface area (Å²) in [6, 6.07) is 12.1. The van der Waals surface area contributed by atoms with E-state index in [9.17, 15) is 9.59 Å². The van der Waals surface area contributed by atoms with E-state index < -0.39 is 0 Å². The highest BCUT2D eigenvalue weighted by atomic mass is 79.9. The van der Waals surface area contributed by atoms with Crippen LogP contribution in [0.5, 0.6) is 0 Å². The molecule has 0 heterocycles. The average Bonchev–Trinajstić information content (AvgIpc) is 2.57. The summed E-state index contributed by atoms with van der Waals surface area (Å²) >= 11 is 3.44. The monoisotopic (exact) mass is 412 g/mol. The van der Waals surface area contributed by atoms with E-state index >= 15 is 0 Å². The number of ketones is 1. The minimum absolute atomic E-state index is 0.0208. The number of carbonyl (C=O) groups is 2. The Hall–Kier alpha value is -2.00. The third-order valence-corrected chi connectivity index (χ3v) is 5.29. The van der Waals surface area contributed by atoms with E-state index in [1.807, 2.05) is 63.2 Å². The summed E-state index contributed by atoms with van der Waals surface area (Å²) in [6.45, 7) is 8.03. The first-order valence-electron chi connectivity index (χ1n) is 8.83. The van der Waals surface area contributed by atoms with Gasteiger partial charge in [-0.05, 0) is 67.5 Å². The van der Waals surface area contributed by atoms with E-state index in [1.165, 1.54) is 0 Å². The number of allylic oxidation sites excluding steroid dienone is 2. The molecule has 2 rings (SSSR count). The number of carbonyl (C=O) groups excluding carboxylic acids is 2. The van der Waals surface area contributed by atoms with Gasteiger partial charge in [-0.25, -0.2) is 0 Å². The van der Waals surface area contributed by atoms with Gasteiger partial charge < -0.3 is 4.79 Å². The molecule has 0 radical (unpaired) electrons. The Labute approximate surface area is 164 Å². The minimum Gasteiger partial charge on any atom is -0.303 e. The summed E-state index contributed by atoms with van der Waals surface area (Å²) in [5, 5.41) is 0. The van der Waals surface area contributed by atoms with E-state index in [-0.39, 0.29) is 17.6 Å². The first-order valence-corrected chi connectivity index (χ1v) is 9.62. The van der Waals surface area contributed by atoms with Gasteiger partial charge in [0, 0.05) is 16.5 Å². The van der Waals surface area contributed by atoms with E-state index in [4.69, 9.17) is 0 Å². The van der Waals surface area contributed by atoms with Crippen LogP contribution in [-0.4, -0.2) is 12.1 Å². The molecule has 0 saturated heterocycles. The summed E-state index contributed by atoms with van der Waals surface area (Å²) in [6.07, 6.45) is 4.97. The zero-order chi connectivity index (χ0) is 19.3. The van der Waals surface area contributed by atoms with Crippen LogP contribution < -0.4 is 0 Å². The topological polar surface area (TPSA) is 34.1 Å². The van der Waals surface area contributed by atoms with Gasteiger partial charge in [-0.2, -0.15) is 0 Å². The second kappa shape index (κ2) is 9.09. The number of hydrogen-bond donors (Lipinski definition) is 0. The summed E-state index contributed by atoms with van der Waals surface area (Å²) in [5.74, 6) is 0.161. The Morgan fingerprint density at radius 3 is 2.19 bits per heavy atom. The van der Waals surface area contributed by atoms with Crippen LogP contribution in [0.2, 0.25) is 0 Å². The largest absolute Gasteiger partial charge is 0.303 e. The summed E-state index contributed by atoms with van der Waals surface area (Å²) in [7, 11) is 0. The molecular weight excluding hydrogens is 388 g/mol. The molecule has 0 aromatic heterocycles. The van der Waals surface area contributed by atoms with Gasteiger partial charge in [0.2, 0.25) is 0 Å². The number of aldehydes is 1. The van der Waals surface area contributed by atoms with Crippen LogP contribution in [0.25, 0.3) is 0 Å². The molecule has 2 aromatic carbocycles. The average molecular weight is 413 g/mol. The Morgan fingerprint density at radius 2 is 1.65 bits per heavy atom. The van der Waals surface area contributed by atoms with Crippen LogP contribution in [0.4, 0.5) is 0 Å². The van der Waals surface area contributed by atoms with Crippen LogP contribution in [0.3, 0.4) is 0 Å². The van der Waals surface area contributed by atoms with E-state index in [0.717, 1.165) is 38.6 Å². The van der Waals surface area contributed by atoms with Crippen molar-refractivity contribution in [2.24, 2.45) is 5.92 Å². The smallest absolute Gasteiger partial charge is 0.186 e. The minimum atomic E-state index is 0.0208. The maximum absolute atomic E-state index is 12.7. The zero-order valence-corrected chi connectivity index (χ0v) is 17.3. The van der Waals surface area contributed by atoms with Gasteiger partial charge >= 0.3 is 0 Å². The van der Waals surface area contributed by atoms with Crippen molar-refractivity contribution in [3.05, 3.63) is 80.8 Å². The lowest BCUT2D eigenvalue weighted by Crippen LogP contribution is -2.10. The standard InChI is InChI=1S/C23H25BrO2/c1-15-13-17(3)23(18(4)14-15)22(26)10-5-16(2)21(11-12-25)19-6-8-20(24)9-7-19/h5-10,12-14,16,21H,11H2,1-4H3/b10-5+. The van der Waals surface area contributed by atoms with Crippen molar-refractivity contribution in [1.29, 1.82) is 0 Å². The Balaban J connectivity index is 2.23. The lowest BCUT2D eigenvalue weighted by molar-refractivity contribution is -0.108. The van der Waals surface area contributed by atoms with E-state index in [0.29, 0.717) is 6.42 Å². The highest BCUT2D eigenvalue weighted by Gasteiger charge is 2.18. The van der Waals surface area contributed by atoms with E-state index in [1.54, 1.807) is 6.08 Å². The van der Waals surface area contributed by atoms with Crippen molar-refractivity contribution < 1.29 is 9.59 Å². The summed E-state index contributed by atoms with van der Waals surface area (Å²) in [5.41, 5.74) is 5.04. The van der Waals surface area contributed by atoms with Crippen molar-refractivity contribution in [2.75, 3.05) is 0 Å². The third kappa shape index (κ3) is 5.01. The molecule has 26 heavy (non-hydrogen) atoms. The molecule has 0 aliphatic rings. The normalized spacial score (nSPS) is 13.6. The molecule has 2 aromatic rings. The Kier molecular flexibility index (Phi) is 7.10. The van der Waals surface area contributed by atoms with Gasteiger partial charge in [0.1, 0.15) is 6.29 Å². The second-order valence-corrected chi connectivity index (χ2v) is 7.83. The number of halogens is 1. The lowest BCUT2D eigenvalue weighted by atomic mass is 9.84. The van der Waals surface area contributed by atoms with Crippen LogP contribution >= 0.6 is 15.9 Å². The molecule has 0 aliphatic carbocycles. The molecule has 0 aliphatic heterocycles. The maximum atomic E-state index is 12.7. The maximum Gasteiger partial charge on any atom is 0.186 e. The van der Waals surface area contributed by atoms with Crippen molar-refractivity contribution in [3.63, 3.8) is 0 Å². The van der Waals surface area contributed by atoms with Crippen molar-refractivity contribution in [1.82, 2.24) is 0 Å². The van der Waals surface area contributed by atoms with Gasteiger partial charge in [-0.15, -0.1) is 0 Å². The van der Waals surface area contributed by atoms with Crippen LogP contribution in [0, 0.1) is 26.7 Å². The number of rotatable bonds is 7. The number of hydrogen-bond acceptors (Lipinski definition) is 2. The molecular formula is C23H25BrO2. The third-order valence-electron chi connectivity index (χ3n) is 4.76. The molecule has 0 fully saturated rings. The second-order valence-electron chi connectivity index (χ2n) is 6.92. The molecule has 0 saturated carbocycles. The predicted octanol–water partition coefficient (Wildman–Crippen LogP) is 6.12. The quantitative estimate of drug-likeness (QED) is 0.311. The predicted molar refractivity (Wildman–Crippen MR) is 111 cm³/mol. The Bertz CT molecular complexity index is 796. The van der Waals surface area contributed by atoms with Crippen molar-refractivity contribution in [3.8, 4) is 0 Å². The molecule has 0 bridgehead atoms. The fraction of sp³-hybridized carbons (Fsp3) is 0.304. The van der Waals surface area contributed by atoms with Crippen LogP contribution in [0.1, 0.15) is 51.9 Å². The fourth-order valence-corrected chi connectivity index (χ4v) is 3.76. The Morgan fingerprint density at radius 1 is 1.08 bits per heavy atom. The van der Waals surface area contributed by atoms with Gasteiger partial charge in [-0.1, -0.05) is 58.8 Å². The van der Waals surface area contributed by atoms with Crippen molar-refractivity contribution in [2.45, 2.75) is 40.0 Å². The zero-order valence-electron chi connectivity index (χ0n) is 15.8. The molecule has 2 unspecified atom stereocenters. The highest BCUT2D eigenvalue weighted by molar-refractivity contribution is 9.10. The summed E-state index contributed by atoms with van der Waals surface area (Å²) < 4.78 is 1.01. The van der Waals surface area contributed by atoms with E-state index in [2.05, 4.69) is 22.9 Å². The molecule has 136 valence electrons. The molecule has 2 atom stereocenters. The van der Waals surface area contributed by atoms with Gasteiger partial charge in [0.15, 0.2) is 5.78 Å².